The SMILES string of the molecule is COc1cc(F)cc([C@@H](C#CO)NC(=O)[C@@H](C)N2CCc3sc(-c4ccnc(Nc5ccnn5C)n4)cc3C2=O)c1. The molecule has 0 radical (unpaired) electrons. The van der Waals surface area contributed by atoms with Crippen LogP contribution in [0.5, 0.6) is 5.75 Å². The number of hydrogen-bond acceptors (Lipinski definition) is 9. The van der Waals surface area contributed by atoms with Gasteiger partial charge < -0.3 is 25.4 Å². The van der Waals surface area contributed by atoms with E-state index in [2.05, 4.69) is 31.6 Å². The number of ether oxygens (including phenoxy) is 1. The Hall–Kier alpha value is -4.96. The molecule has 1 aromatic carbocycles. The normalized spacial score (nSPS) is 14.0. The highest BCUT2D eigenvalue weighted by Gasteiger charge is 2.34. The van der Waals surface area contributed by atoms with Gasteiger partial charge in [-0.25, -0.2) is 14.4 Å². The molecule has 0 fully saturated rings. The highest BCUT2D eigenvalue weighted by molar-refractivity contribution is 7.15. The Morgan fingerprint density at radius 2 is 2.07 bits per heavy atom. The number of nitrogens with one attached hydrogen (secondary N) is 2. The molecule has 11 nitrogen and oxygen atoms in total. The average Bonchev–Trinajstić information content (AvgIpc) is 3.59. The fourth-order valence-corrected chi connectivity index (χ4v) is 5.59. The van der Waals surface area contributed by atoms with E-state index in [1.165, 1.54) is 41.5 Å². The van der Waals surface area contributed by atoms with Gasteiger partial charge in [-0.2, -0.15) is 5.10 Å². The van der Waals surface area contributed by atoms with Crippen molar-refractivity contribution in [2.75, 3.05) is 19.0 Å². The lowest BCUT2D eigenvalue weighted by Gasteiger charge is -2.32. The number of amides is 2. The molecule has 2 atom stereocenters. The number of aliphatic hydroxyl groups excluding tert-OH is 1. The molecular weight excluding hydrogens is 549 g/mol. The van der Waals surface area contributed by atoms with Crippen molar-refractivity contribution in [1.29, 1.82) is 0 Å². The molecule has 210 valence electrons. The van der Waals surface area contributed by atoms with E-state index in [-0.39, 0.29) is 11.7 Å². The number of fused-ring (bicyclic) bond motifs is 1. The monoisotopic (exact) mass is 575 g/mol. The van der Waals surface area contributed by atoms with Crippen LogP contribution in [-0.4, -0.2) is 61.3 Å². The van der Waals surface area contributed by atoms with Crippen LogP contribution in [-0.2, 0) is 18.3 Å². The molecule has 0 saturated carbocycles. The Balaban J connectivity index is 1.32. The van der Waals surface area contributed by atoms with E-state index in [1.807, 2.05) is 0 Å². The quantitative estimate of drug-likeness (QED) is 0.272. The molecule has 0 spiro atoms. The molecule has 1 aliphatic heterocycles. The second-order valence-electron chi connectivity index (χ2n) is 9.22. The van der Waals surface area contributed by atoms with Crippen LogP contribution in [0.1, 0.15) is 33.8 Å². The number of aryl methyl sites for hydroxylation is 1. The van der Waals surface area contributed by atoms with Gasteiger partial charge in [-0.3, -0.25) is 14.3 Å². The van der Waals surface area contributed by atoms with Crippen molar-refractivity contribution in [3.05, 3.63) is 70.6 Å². The summed E-state index contributed by atoms with van der Waals surface area (Å²) in [6.07, 6.45) is 5.65. The van der Waals surface area contributed by atoms with Crippen molar-refractivity contribution in [1.82, 2.24) is 30.0 Å². The molecule has 0 aliphatic carbocycles. The summed E-state index contributed by atoms with van der Waals surface area (Å²) in [7, 11) is 3.19. The van der Waals surface area contributed by atoms with Crippen molar-refractivity contribution >= 4 is 34.9 Å². The van der Waals surface area contributed by atoms with E-state index in [4.69, 9.17) is 4.74 Å². The number of methoxy groups -OCH3 is 1. The molecule has 1 aliphatic rings. The van der Waals surface area contributed by atoms with Crippen molar-refractivity contribution in [3.8, 4) is 28.3 Å². The Bertz CT molecular complexity index is 1680. The first-order valence-corrected chi connectivity index (χ1v) is 13.4. The summed E-state index contributed by atoms with van der Waals surface area (Å²) in [5.41, 5.74) is 1.46. The van der Waals surface area contributed by atoms with Gasteiger partial charge in [-0.05, 0) is 42.7 Å². The second kappa shape index (κ2) is 11.6. The van der Waals surface area contributed by atoms with Gasteiger partial charge >= 0.3 is 0 Å². The first kappa shape index (κ1) is 27.6. The Morgan fingerprint density at radius 3 is 2.80 bits per heavy atom. The third-order valence-electron chi connectivity index (χ3n) is 6.65. The molecule has 13 heteroatoms. The van der Waals surface area contributed by atoms with E-state index >= 15 is 0 Å². The third-order valence-corrected chi connectivity index (χ3v) is 7.87. The maximum absolute atomic E-state index is 14.1. The van der Waals surface area contributed by atoms with Crippen LogP contribution in [0.15, 0.2) is 48.8 Å². The number of hydrogen-bond donors (Lipinski definition) is 3. The molecule has 0 saturated heterocycles. The lowest BCUT2D eigenvalue weighted by atomic mass is 10.0. The summed E-state index contributed by atoms with van der Waals surface area (Å²) < 4.78 is 20.8. The Labute approximate surface area is 239 Å². The predicted octanol–water partition coefficient (Wildman–Crippen LogP) is 3.41. The molecule has 5 rings (SSSR count). The van der Waals surface area contributed by atoms with Gasteiger partial charge in [0.1, 0.15) is 35.6 Å². The highest BCUT2D eigenvalue weighted by atomic mass is 32.1. The Kier molecular flexibility index (Phi) is 7.84. The van der Waals surface area contributed by atoms with Crippen LogP contribution in [0, 0.1) is 17.8 Å². The standard InChI is InChI=1S/C28H26FN7O4S/c1-16(26(38)32-21(7-11-37)17-12-18(29)14-19(13-17)40-3)36-10-6-23-20(27(36)39)15-24(41-23)22-4-8-30-28(33-22)34-25-5-9-31-35(25)2/h4-5,8-9,12-16,21,37H,6,10H2,1-3H3,(H,32,38)(H,30,33,34)/t16-,21-/m1/s1. The molecule has 41 heavy (non-hydrogen) atoms. The van der Waals surface area contributed by atoms with E-state index in [0.717, 1.165) is 15.6 Å². The summed E-state index contributed by atoms with van der Waals surface area (Å²) in [6, 6.07) is 7.38. The summed E-state index contributed by atoms with van der Waals surface area (Å²) in [5.74, 6) is 2.46. The molecule has 3 aromatic heterocycles. The van der Waals surface area contributed by atoms with E-state index in [0.29, 0.717) is 35.7 Å². The van der Waals surface area contributed by atoms with Crippen LogP contribution < -0.4 is 15.4 Å². The van der Waals surface area contributed by atoms with E-state index in [9.17, 15) is 19.1 Å². The zero-order chi connectivity index (χ0) is 29.1. The number of carbonyl (C=O) groups is 2. The van der Waals surface area contributed by atoms with Gasteiger partial charge in [0.05, 0.1) is 29.4 Å². The number of rotatable bonds is 8. The fourth-order valence-electron chi connectivity index (χ4n) is 4.48. The molecular formula is C28H26FN7O4S. The molecule has 4 heterocycles. The van der Waals surface area contributed by atoms with Gasteiger partial charge in [0.25, 0.3) is 5.91 Å². The number of thiophene rings is 1. The first-order valence-electron chi connectivity index (χ1n) is 12.6. The lowest BCUT2D eigenvalue weighted by molar-refractivity contribution is -0.125. The molecule has 4 aromatic rings. The third kappa shape index (κ3) is 5.82. The maximum atomic E-state index is 14.1. The van der Waals surface area contributed by atoms with Crippen LogP contribution in [0.3, 0.4) is 0 Å². The van der Waals surface area contributed by atoms with Crippen LogP contribution >= 0.6 is 11.3 Å². The van der Waals surface area contributed by atoms with Crippen LogP contribution in [0.4, 0.5) is 16.2 Å². The number of benzene rings is 1. The van der Waals surface area contributed by atoms with Crippen molar-refractivity contribution in [3.63, 3.8) is 0 Å². The van der Waals surface area contributed by atoms with Crippen LogP contribution in [0.25, 0.3) is 10.6 Å². The summed E-state index contributed by atoms with van der Waals surface area (Å²) >= 11 is 1.48. The van der Waals surface area contributed by atoms with E-state index in [1.54, 1.807) is 55.4 Å². The average molecular weight is 576 g/mol. The number of carbonyl (C=O) groups excluding carboxylic acids is 2. The molecule has 0 unspecified atom stereocenters. The molecule has 3 N–H and O–H groups in total. The van der Waals surface area contributed by atoms with Gasteiger partial charge in [0, 0.05) is 43.2 Å². The number of aliphatic hydroxyl groups is 1. The van der Waals surface area contributed by atoms with Crippen molar-refractivity contribution < 1.29 is 23.8 Å². The molecule has 2 amide bonds. The second-order valence-corrected chi connectivity index (χ2v) is 10.4. The molecule has 0 bridgehead atoms. The first-order chi connectivity index (χ1) is 19.8. The largest absolute Gasteiger partial charge is 0.497 e. The summed E-state index contributed by atoms with van der Waals surface area (Å²) in [4.78, 5) is 38.8. The van der Waals surface area contributed by atoms with Gasteiger partial charge in [-0.1, -0.05) is 0 Å². The topological polar surface area (TPSA) is 134 Å². The van der Waals surface area contributed by atoms with Gasteiger partial charge in [0.2, 0.25) is 11.9 Å². The van der Waals surface area contributed by atoms with Gasteiger partial charge in [0.15, 0.2) is 0 Å². The zero-order valence-corrected chi connectivity index (χ0v) is 23.2. The minimum Gasteiger partial charge on any atom is -0.497 e. The zero-order valence-electron chi connectivity index (χ0n) is 22.4. The lowest BCUT2D eigenvalue weighted by Crippen LogP contribution is -2.50. The maximum Gasteiger partial charge on any atom is 0.255 e. The minimum absolute atomic E-state index is 0.239. The number of nitrogens with zero attached hydrogens (tertiary/aromatic N) is 5. The smallest absolute Gasteiger partial charge is 0.255 e. The van der Waals surface area contributed by atoms with E-state index < -0.39 is 23.8 Å². The predicted molar refractivity (Wildman–Crippen MR) is 150 cm³/mol. The van der Waals surface area contributed by atoms with Crippen molar-refractivity contribution in [2.45, 2.75) is 25.4 Å². The van der Waals surface area contributed by atoms with Crippen LogP contribution in [0.2, 0.25) is 0 Å². The number of halogens is 1. The highest BCUT2D eigenvalue weighted by Crippen LogP contribution is 2.35. The van der Waals surface area contributed by atoms with Crippen molar-refractivity contribution in [2.24, 2.45) is 7.05 Å². The fraction of sp³-hybridized carbons (Fsp3) is 0.250. The Morgan fingerprint density at radius 1 is 1.24 bits per heavy atom. The number of anilines is 2. The summed E-state index contributed by atoms with van der Waals surface area (Å²) in [6.45, 7) is 1.95. The van der Waals surface area contributed by atoms with Gasteiger partial charge in [-0.15, -0.1) is 11.3 Å². The summed E-state index contributed by atoms with van der Waals surface area (Å²) in [5, 5.41) is 19.2. The minimum atomic E-state index is -1.02. The number of aromatic nitrogens is 4.